The van der Waals surface area contributed by atoms with Crippen molar-refractivity contribution in [1.29, 1.82) is 0 Å². The van der Waals surface area contributed by atoms with E-state index in [1.165, 1.54) is 12.1 Å². The molecule has 0 aliphatic carbocycles. The number of carbonyl (C=O) groups is 1. The summed E-state index contributed by atoms with van der Waals surface area (Å²) in [6.45, 7) is 2.87. The van der Waals surface area contributed by atoms with Crippen LogP contribution in [0.4, 0.5) is 8.78 Å². The molecule has 2 aromatic rings. The van der Waals surface area contributed by atoms with Crippen molar-refractivity contribution in [2.45, 2.75) is 19.8 Å². The maximum absolute atomic E-state index is 13.9. The molecule has 0 N–H and O–H groups in total. The zero-order valence-electron chi connectivity index (χ0n) is 13.4. The monoisotopic (exact) mass is 349 g/mol. The molecule has 1 unspecified atom stereocenters. The highest BCUT2D eigenvalue weighted by Gasteiger charge is 2.28. The van der Waals surface area contributed by atoms with Crippen LogP contribution in [-0.2, 0) is 6.42 Å². The van der Waals surface area contributed by atoms with Crippen LogP contribution >= 0.6 is 11.6 Å². The molecule has 0 aromatic heterocycles. The Kier molecular flexibility index (Phi) is 4.86. The van der Waals surface area contributed by atoms with Gasteiger partial charge in [0.2, 0.25) is 0 Å². The first-order chi connectivity index (χ1) is 11.4. The van der Waals surface area contributed by atoms with Gasteiger partial charge in [0.15, 0.2) is 0 Å². The van der Waals surface area contributed by atoms with Gasteiger partial charge in [-0.2, -0.15) is 0 Å². The van der Waals surface area contributed by atoms with Crippen molar-refractivity contribution in [3.63, 3.8) is 0 Å². The lowest BCUT2D eigenvalue weighted by Gasteiger charge is -2.17. The molecule has 1 aliphatic rings. The average molecular weight is 350 g/mol. The first kappa shape index (κ1) is 16.9. The second-order valence-electron chi connectivity index (χ2n) is 6.32. The Morgan fingerprint density at radius 2 is 2.00 bits per heavy atom. The third-order valence-electron chi connectivity index (χ3n) is 4.50. The average Bonchev–Trinajstić information content (AvgIpc) is 2.99. The highest BCUT2D eigenvalue weighted by atomic mass is 35.5. The second-order valence-corrected chi connectivity index (χ2v) is 6.75. The Morgan fingerprint density at radius 3 is 2.71 bits per heavy atom. The van der Waals surface area contributed by atoms with Gasteiger partial charge in [-0.25, -0.2) is 8.78 Å². The molecule has 1 heterocycles. The normalized spacial score (nSPS) is 17.3. The summed E-state index contributed by atoms with van der Waals surface area (Å²) >= 11 is 5.72. The van der Waals surface area contributed by atoms with Gasteiger partial charge in [0.25, 0.3) is 5.91 Å². The standard InChI is InChI=1S/C19H18ClF2NO/c1-12-2-3-13(9-17(12)21)8-14-6-7-23(11-14)19(24)16-5-4-15(20)10-18(16)22/h2-5,9-10,14H,6-8,11H2,1H3. The van der Waals surface area contributed by atoms with Gasteiger partial charge >= 0.3 is 0 Å². The molecule has 1 aliphatic heterocycles. The SMILES string of the molecule is Cc1ccc(CC2CCN(C(=O)c3ccc(Cl)cc3F)C2)cc1F. The van der Waals surface area contributed by atoms with Gasteiger partial charge in [-0.15, -0.1) is 0 Å². The molecule has 0 radical (unpaired) electrons. The highest BCUT2D eigenvalue weighted by molar-refractivity contribution is 6.30. The molecule has 3 rings (SSSR count). The van der Waals surface area contributed by atoms with Gasteiger partial charge in [0.05, 0.1) is 5.56 Å². The Balaban J connectivity index is 1.66. The minimum atomic E-state index is -0.600. The van der Waals surface area contributed by atoms with Crippen molar-refractivity contribution >= 4 is 17.5 Å². The third-order valence-corrected chi connectivity index (χ3v) is 4.73. The van der Waals surface area contributed by atoms with Crippen LogP contribution in [0.2, 0.25) is 5.02 Å². The smallest absolute Gasteiger partial charge is 0.256 e. The van der Waals surface area contributed by atoms with Crippen LogP contribution in [0.5, 0.6) is 0 Å². The molecule has 0 saturated carbocycles. The van der Waals surface area contributed by atoms with Crippen LogP contribution in [0, 0.1) is 24.5 Å². The number of carbonyl (C=O) groups excluding carboxylic acids is 1. The van der Waals surface area contributed by atoms with Gasteiger partial charge < -0.3 is 4.90 Å². The Morgan fingerprint density at radius 1 is 1.21 bits per heavy atom. The molecule has 1 saturated heterocycles. The molecular formula is C19H18ClF2NO. The van der Waals surface area contributed by atoms with E-state index >= 15 is 0 Å². The summed E-state index contributed by atoms with van der Waals surface area (Å²) in [4.78, 5) is 14.1. The first-order valence-electron chi connectivity index (χ1n) is 7.93. The Hall–Kier alpha value is -1.94. The summed E-state index contributed by atoms with van der Waals surface area (Å²) in [6.07, 6.45) is 1.54. The van der Waals surface area contributed by atoms with Crippen LogP contribution in [-0.4, -0.2) is 23.9 Å². The summed E-state index contributed by atoms with van der Waals surface area (Å²) in [6, 6.07) is 9.33. The van der Waals surface area contributed by atoms with Crippen molar-refractivity contribution < 1.29 is 13.6 Å². The number of benzene rings is 2. The lowest BCUT2D eigenvalue weighted by Crippen LogP contribution is -2.29. The maximum atomic E-state index is 13.9. The largest absolute Gasteiger partial charge is 0.338 e. The number of halogens is 3. The van der Waals surface area contributed by atoms with E-state index < -0.39 is 5.82 Å². The molecule has 126 valence electrons. The Bertz CT molecular complexity index is 778. The lowest BCUT2D eigenvalue weighted by atomic mass is 9.98. The fourth-order valence-electron chi connectivity index (χ4n) is 3.11. The van der Waals surface area contributed by atoms with Gasteiger partial charge in [0, 0.05) is 18.1 Å². The number of rotatable bonds is 3. The molecular weight excluding hydrogens is 332 g/mol. The van der Waals surface area contributed by atoms with E-state index in [1.807, 2.05) is 6.07 Å². The Labute approximate surface area is 145 Å². The van der Waals surface area contributed by atoms with Gasteiger partial charge in [-0.05, 0) is 61.1 Å². The molecule has 2 nitrogen and oxygen atoms in total. The number of hydrogen-bond donors (Lipinski definition) is 0. The van der Waals surface area contributed by atoms with Gasteiger partial charge in [-0.1, -0.05) is 23.7 Å². The summed E-state index contributed by atoms with van der Waals surface area (Å²) in [5.74, 6) is -0.869. The predicted molar refractivity (Wildman–Crippen MR) is 90.3 cm³/mol. The van der Waals surface area contributed by atoms with E-state index in [4.69, 9.17) is 11.6 Å². The van der Waals surface area contributed by atoms with E-state index in [-0.39, 0.29) is 28.2 Å². The second kappa shape index (κ2) is 6.89. The summed E-state index contributed by atoms with van der Waals surface area (Å²) in [5.41, 5.74) is 1.59. The molecule has 2 aromatic carbocycles. The zero-order chi connectivity index (χ0) is 17.3. The quantitative estimate of drug-likeness (QED) is 0.791. The van der Waals surface area contributed by atoms with Crippen LogP contribution < -0.4 is 0 Å². The maximum Gasteiger partial charge on any atom is 0.256 e. The highest BCUT2D eigenvalue weighted by Crippen LogP contribution is 2.24. The van der Waals surface area contributed by atoms with E-state index in [9.17, 15) is 13.6 Å². The number of amides is 1. The van der Waals surface area contributed by atoms with Gasteiger partial charge in [0.1, 0.15) is 11.6 Å². The summed E-state index contributed by atoms with van der Waals surface area (Å²) < 4.78 is 27.5. The van der Waals surface area contributed by atoms with Crippen LogP contribution in [0.1, 0.15) is 27.9 Å². The van der Waals surface area contributed by atoms with Crippen molar-refractivity contribution in [3.8, 4) is 0 Å². The minimum absolute atomic E-state index is 0.0430. The molecule has 1 fully saturated rings. The minimum Gasteiger partial charge on any atom is -0.338 e. The zero-order valence-corrected chi connectivity index (χ0v) is 14.1. The van der Waals surface area contributed by atoms with Crippen molar-refractivity contribution in [2.24, 2.45) is 5.92 Å². The summed E-state index contributed by atoms with van der Waals surface area (Å²) in [7, 11) is 0. The van der Waals surface area contributed by atoms with Crippen molar-refractivity contribution in [3.05, 3.63) is 69.7 Å². The fraction of sp³-hybridized carbons (Fsp3) is 0.316. The van der Waals surface area contributed by atoms with Crippen LogP contribution in [0.25, 0.3) is 0 Å². The predicted octanol–water partition coefficient (Wildman–Crippen LogP) is 4.63. The van der Waals surface area contributed by atoms with Crippen molar-refractivity contribution in [2.75, 3.05) is 13.1 Å². The van der Waals surface area contributed by atoms with E-state index in [0.29, 0.717) is 25.1 Å². The molecule has 1 amide bonds. The molecule has 0 spiro atoms. The molecule has 0 bridgehead atoms. The number of aryl methyl sites for hydroxylation is 1. The van der Waals surface area contributed by atoms with E-state index in [0.717, 1.165) is 18.1 Å². The van der Waals surface area contributed by atoms with Crippen LogP contribution in [0.3, 0.4) is 0 Å². The molecule has 5 heteroatoms. The van der Waals surface area contributed by atoms with E-state index in [1.54, 1.807) is 24.0 Å². The third kappa shape index (κ3) is 3.59. The fourth-order valence-corrected chi connectivity index (χ4v) is 3.27. The lowest BCUT2D eigenvalue weighted by molar-refractivity contribution is 0.0782. The van der Waals surface area contributed by atoms with E-state index in [2.05, 4.69) is 0 Å². The number of likely N-dealkylation sites (tertiary alicyclic amines) is 1. The first-order valence-corrected chi connectivity index (χ1v) is 8.31. The van der Waals surface area contributed by atoms with Crippen molar-refractivity contribution in [1.82, 2.24) is 4.90 Å². The molecule has 1 atom stereocenters. The van der Waals surface area contributed by atoms with Crippen LogP contribution in [0.15, 0.2) is 36.4 Å². The number of hydrogen-bond acceptors (Lipinski definition) is 1. The van der Waals surface area contributed by atoms with Gasteiger partial charge in [-0.3, -0.25) is 4.79 Å². The summed E-state index contributed by atoms with van der Waals surface area (Å²) in [5, 5.41) is 0.268. The topological polar surface area (TPSA) is 20.3 Å². The molecule has 24 heavy (non-hydrogen) atoms. The number of nitrogens with zero attached hydrogens (tertiary/aromatic N) is 1.